The first-order chi connectivity index (χ1) is 13.1. The molecule has 0 radical (unpaired) electrons. The first kappa shape index (κ1) is 16.6. The number of nitrogens with zero attached hydrogens (tertiary/aromatic N) is 1. The summed E-state index contributed by atoms with van der Waals surface area (Å²) in [5.74, 6) is 1.64. The first-order valence-electron chi connectivity index (χ1n) is 9.00. The van der Waals surface area contributed by atoms with Crippen LogP contribution in [0.5, 0.6) is 11.5 Å². The van der Waals surface area contributed by atoms with E-state index in [1.54, 1.807) is 16.4 Å². The van der Waals surface area contributed by atoms with E-state index in [0.29, 0.717) is 18.0 Å². The molecule has 0 amide bonds. The number of benzene rings is 3. The summed E-state index contributed by atoms with van der Waals surface area (Å²) in [6, 6.07) is 18.9. The molecule has 0 spiro atoms. The summed E-state index contributed by atoms with van der Waals surface area (Å²) >= 11 is 0. The standard InChI is InChI=1S/C21H19NO4S/c23-27(24,21-7-3-5-15-4-1-2-6-18(15)21)22-11-10-17(13-22)16-8-9-19-20(12-16)26-14-25-19/h1-9,12,17H,10-11,13-14H2. The minimum Gasteiger partial charge on any atom is -0.454 e. The number of sulfonamides is 1. The Labute approximate surface area is 158 Å². The lowest BCUT2D eigenvalue weighted by atomic mass is 9.98. The van der Waals surface area contributed by atoms with Crippen LogP contribution in [0.2, 0.25) is 0 Å². The Morgan fingerprint density at radius 1 is 0.926 bits per heavy atom. The van der Waals surface area contributed by atoms with Crippen LogP contribution in [-0.2, 0) is 10.0 Å². The molecule has 3 aromatic rings. The second kappa shape index (κ2) is 6.25. The fraction of sp³-hybridized carbons (Fsp3) is 0.238. The maximum absolute atomic E-state index is 13.3. The predicted molar refractivity (Wildman–Crippen MR) is 103 cm³/mol. The smallest absolute Gasteiger partial charge is 0.243 e. The van der Waals surface area contributed by atoms with E-state index >= 15 is 0 Å². The Morgan fingerprint density at radius 2 is 1.74 bits per heavy atom. The second-order valence-corrected chi connectivity index (χ2v) is 8.84. The average Bonchev–Trinajstić information content (AvgIpc) is 3.36. The van der Waals surface area contributed by atoms with Gasteiger partial charge in [-0.25, -0.2) is 8.42 Å². The topological polar surface area (TPSA) is 55.8 Å². The molecular formula is C21H19NO4S. The molecule has 3 aromatic carbocycles. The Kier molecular flexibility index (Phi) is 3.84. The van der Waals surface area contributed by atoms with Gasteiger partial charge in [0.05, 0.1) is 4.90 Å². The van der Waals surface area contributed by atoms with Crippen molar-refractivity contribution in [3.63, 3.8) is 0 Å². The summed E-state index contributed by atoms with van der Waals surface area (Å²) in [4.78, 5) is 0.381. The molecule has 0 N–H and O–H groups in total. The third-order valence-corrected chi connectivity index (χ3v) is 7.31. The van der Waals surface area contributed by atoms with Gasteiger partial charge in [-0.3, -0.25) is 0 Å². The lowest BCUT2D eigenvalue weighted by Gasteiger charge is -2.18. The molecule has 5 nitrogen and oxygen atoms in total. The van der Waals surface area contributed by atoms with E-state index < -0.39 is 10.0 Å². The van der Waals surface area contributed by atoms with Crippen molar-refractivity contribution < 1.29 is 17.9 Å². The normalized spacial score (nSPS) is 19.6. The van der Waals surface area contributed by atoms with Crippen LogP contribution in [-0.4, -0.2) is 32.6 Å². The highest BCUT2D eigenvalue weighted by atomic mass is 32.2. The molecule has 2 aliphatic rings. The van der Waals surface area contributed by atoms with Gasteiger partial charge >= 0.3 is 0 Å². The van der Waals surface area contributed by atoms with Crippen molar-refractivity contribution in [1.82, 2.24) is 4.31 Å². The lowest BCUT2D eigenvalue weighted by molar-refractivity contribution is 0.174. The maximum atomic E-state index is 13.3. The van der Waals surface area contributed by atoms with Gasteiger partial charge in [0, 0.05) is 18.5 Å². The Bertz CT molecular complexity index is 1120. The van der Waals surface area contributed by atoms with Crippen molar-refractivity contribution in [2.75, 3.05) is 19.9 Å². The van der Waals surface area contributed by atoms with E-state index in [2.05, 4.69) is 0 Å². The zero-order chi connectivity index (χ0) is 18.4. The summed E-state index contributed by atoms with van der Waals surface area (Å²) in [6.07, 6.45) is 0.795. The highest BCUT2D eigenvalue weighted by Gasteiger charge is 2.34. The van der Waals surface area contributed by atoms with Crippen molar-refractivity contribution in [3.8, 4) is 11.5 Å². The van der Waals surface area contributed by atoms with Crippen LogP contribution in [0.15, 0.2) is 65.6 Å². The zero-order valence-electron chi connectivity index (χ0n) is 14.7. The molecule has 27 heavy (non-hydrogen) atoms. The van der Waals surface area contributed by atoms with Crippen LogP contribution < -0.4 is 9.47 Å². The first-order valence-corrected chi connectivity index (χ1v) is 10.4. The van der Waals surface area contributed by atoms with Crippen molar-refractivity contribution >= 4 is 20.8 Å². The van der Waals surface area contributed by atoms with Gasteiger partial charge in [0.2, 0.25) is 16.8 Å². The summed E-state index contributed by atoms with van der Waals surface area (Å²) in [7, 11) is -3.54. The number of hydrogen-bond acceptors (Lipinski definition) is 4. The number of ether oxygens (including phenoxy) is 2. The SMILES string of the molecule is O=S(=O)(c1cccc2ccccc12)N1CCC(c2ccc3c(c2)OCO3)C1. The molecular weight excluding hydrogens is 362 g/mol. The maximum Gasteiger partial charge on any atom is 0.243 e. The molecule has 1 fully saturated rings. The Morgan fingerprint density at radius 3 is 2.67 bits per heavy atom. The molecule has 2 aliphatic heterocycles. The van der Waals surface area contributed by atoms with E-state index in [4.69, 9.17) is 9.47 Å². The van der Waals surface area contributed by atoms with Crippen LogP contribution in [0.1, 0.15) is 17.9 Å². The van der Waals surface area contributed by atoms with Crippen LogP contribution in [0.3, 0.4) is 0 Å². The van der Waals surface area contributed by atoms with E-state index in [-0.39, 0.29) is 12.7 Å². The predicted octanol–water partition coefficient (Wildman–Crippen LogP) is 3.75. The lowest BCUT2D eigenvalue weighted by Crippen LogP contribution is -2.28. The molecule has 6 heteroatoms. The van der Waals surface area contributed by atoms with Crippen LogP contribution in [0.25, 0.3) is 10.8 Å². The number of rotatable bonds is 3. The van der Waals surface area contributed by atoms with E-state index in [1.807, 2.05) is 48.5 Å². The molecule has 0 saturated carbocycles. The van der Waals surface area contributed by atoms with Crippen LogP contribution in [0.4, 0.5) is 0 Å². The summed E-state index contributed by atoms with van der Waals surface area (Å²) in [5, 5.41) is 1.71. The third-order valence-electron chi connectivity index (χ3n) is 5.39. The number of fused-ring (bicyclic) bond motifs is 2. The fourth-order valence-electron chi connectivity index (χ4n) is 3.95. The summed E-state index contributed by atoms with van der Waals surface area (Å²) < 4.78 is 39.0. The zero-order valence-corrected chi connectivity index (χ0v) is 15.5. The van der Waals surface area contributed by atoms with Gasteiger partial charge < -0.3 is 9.47 Å². The van der Waals surface area contributed by atoms with E-state index in [9.17, 15) is 8.42 Å². The second-order valence-electron chi connectivity index (χ2n) is 6.94. The third kappa shape index (κ3) is 2.76. The van der Waals surface area contributed by atoms with Crippen LogP contribution in [0, 0.1) is 0 Å². The minimum absolute atomic E-state index is 0.157. The molecule has 0 bridgehead atoms. The highest BCUT2D eigenvalue weighted by molar-refractivity contribution is 7.89. The Hall–Kier alpha value is -2.57. The molecule has 138 valence electrons. The molecule has 1 atom stereocenters. The van der Waals surface area contributed by atoms with Crippen molar-refractivity contribution in [3.05, 3.63) is 66.2 Å². The van der Waals surface area contributed by atoms with Crippen molar-refractivity contribution in [2.45, 2.75) is 17.2 Å². The minimum atomic E-state index is -3.54. The molecule has 1 unspecified atom stereocenters. The van der Waals surface area contributed by atoms with E-state index in [0.717, 1.165) is 34.3 Å². The molecule has 0 aromatic heterocycles. The molecule has 1 saturated heterocycles. The fourth-order valence-corrected chi connectivity index (χ4v) is 5.66. The Balaban J connectivity index is 1.45. The summed E-state index contributed by atoms with van der Waals surface area (Å²) in [5.41, 5.74) is 1.09. The van der Waals surface area contributed by atoms with Crippen molar-refractivity contribution in [2.24, 2.45) is 0 Å². The van der Waals surface area contributed by atoms with Crippen molar-refractivity contribution in [1.29, 1.82) is 0 Å². The largest absolute Gasteiger partial charge is 0.454 e. The molecule has 0 aliphatic carbocycles. The summed E-state index contributed by atoms with van der Waals surface area (Å²) in [6.45, 7) is 1.24. The quantitative estimate of drug-likeness (QED) is 0.693. The van der Waals surface area contributed by atoms with Gasteiger partial charge in [-0.05, 0) is 41.5 Å². The van der Waals surface area contributed by atoms with Gasteiger partial charge in [-0.1, -0.05) is 42.5 Å². The average molecular weight is 381 g/mol. The van der Waals surface area contributed by atoms with Crippen LogP contribution >= 0.6 is 0 Å². The van der Waals surface area contributed by atoms with Gasteiger partial charge in [0.15, 0.2) is 11.5 Å². The monoisotopic (exact) mass is 381 g/mol. The highest BCUT2D eigenvalue weighted by Crippen LogP contribution is 2.38. The molecule has 5 rings (SSSR count). The molecule has 2 heterocycles. The number of hydrogen-bond donors (Lipinski definition) is 0. The van der Waals surface area contributed by atoms with Gasteiger partial charge in [-0.15, -0.1) is 0 Å². The van der Waals surface area contributed by atoms with E-state index in [1.165, 1.54) is 0 Å². The van der Waals surface area contributed by atoms with Gasteiger partial charge in [0.1, 0.15) is 0 Å². The van der Waals surface area contributed by atoms with Gasteiger partial charge in [-0.2, -0.15) is 4.31 Å². The van der Waals surface area contributed by atoms with Gasteiger partial charge in [0.25, 0.3) is 0 Å².